The van der Waals surface area contributed by atoms with E-state index in [-0.39, 0.29) is 22.9 Å². The lowest BCUT2D eigenvalue weighted by atomic mass is 10.0. The Morgan fingerprint density at radius 1 is 1.44 bits per heavy atom. The lowest BCUT2D eigenvalue weighted by molar-refractivity contribution is -0.124. The number of ether oxygens (including phenoxy) is 1. The fraction of sp³-hybridized carbons (Fsp3) is 0.462. The monoisotopic (exact) mass is 333 g/mol. The van der Waals surface area contributed by atoms with Gasteiger partial charge in [0.25, 0.3) is 5.91 Å². The second-order valence-electron chi connectivity index (χ2n) is 4.63. The SMILES string of the molecule is CC(Br)C(C)(C)NC(=O)COc1ccc(Cl)cc1. The number of halogens is 2. The van der Waals surface area contributed by atoms with Gasteiger partial charge in [-0.2, -0.15) is 0 Å². The number of carbonyl (C=O) groups is 1. The molecule has 0 saturated heterocycles. The van der Waals surface area contributed by atoms with E-state index in [1.165, 1.54) is 0 Å². The Kier molecular flexibility index (Phi) is 5.47. The van der Waals surface area contributed by atoms with E-state index in [4.69, 9.17) is 16.3 Å². The smallest absolute Gasteiger partial charge is 0.258 e. The maximum atomic E-state index is 11.7. The molecule has 1 unspecified atom stereocenters. The molecule has 1 atom stereocenters. The van der Waals surface area contributed by atoms with Crippen LogP contribution in [0, 0.1) is 0 Å². The average Bonchev–Trinajstić information content (AvgIpc) is 2.27. The molecule has 1 rings (SSSR count). The highest BCUT2D eigenvalue weighted by atomic mass is 79.9. The Morgan fingerprint density at radius 3 is 2.50 bits per heavy atom. The molecule has 0 aliphatic heterocycles. The average molecular weight is 335 g/mol. The predicted octanol–water partition coefficient (Wildman–Crippen LogP) is 3.40. The van der Waals surface area contributed by atoms with Crippen molar-refractivity contribution in [3.8, 4) is 5.75 Å². The van der Waals surface area contributed by atoms with E-state index in [1.807, 2.05) is 20.8 Å². The minimum Gasteiger partial charge on any atom is -0.484 e. The molecule has 100 valence electrons. The Balaban J connectivity index is 2.44. The molecular weight excluding hydrogens is 318 g/mol. The first-order chi connectivity index (χ1) is 8.31. The van der Waals surface area contributed by atoms with Crippen LogP contribution < -0.4 is 10.1 Å². The van der Waals surface area contributed by atoms with Crippen molar-refractivity contribution in [2.24, 2.45) is 0 Å². The zero-order valence-corrected chi connectivity index (χ0v) is 13.0. The molecule has 0 aromatic heterocycles. The van der Waals surface area contributed by atoms with Crippen molar-refractivity contribution in [2.75, 3.05) is 6.61 Å². The molecule has 0 fully saturated rings. The summed E-state index contributed by atoms with van der Waals surface area (Å²) in [6.45, 7) is 5.88. The first kappa shape index (κ1) is 15.3. The summed E-state index contributed by atoms with van der Waals surface area (Å²) < 4.78 is 5.36. The lowest BCUT2D eigenvalue weighted by Crippen LogP contribution is -2.50. The van der Waals surface area contributed by atoms with Gasteiger partial charge >= 0.3 is 0 Å². The molecule has 0 radical (unpaired) electrons. The lowest BCUT2D eigenvalue weighted by Gasteiger charge is -2.29. The van der Waals surface area contributed by atoms with E-state index < -0.39 is 0 Å². The van der Waals surface area contributed by atoms with Crippen molar-refractivity contribution in [1.82, 2.24) is 5.32 Å². The maximum Gasteiger partial charge on any atom is 0.258 e. The predicted molar refractivity (Wildman–Crippen MR) is 77.6 cm³/mol. The molecule has 1 amide bonds. The molecule has 5 heteroatoms. The number of hydrogen-bond donors (Lipinski definition) is 1. The van der Waals surface area contributed by atoms with Gasteiger partial charge < -0.3 is 10.1 Å². The van der Waals surface area contributed by atoms with E-state index in [0.29, 0.717) is 10.8 Å². The Labute approximate surface area is 121 Å². The number of hydrogen-bond acceptors (Lipinski definition) is 2. The highest BCUT2D eigenvalue weighted by Crippen LogP contribution is 2.17. The van der Waals surface area contributed by atoms with E-state index in [0.717, 1.165) is 0 Å². The molecule has 0 spiro atoms. The molecule has 1 aromatic rings. The summed E-state index contributed by atoms with van der Waals surface area (Å²) in [6.07, 6.45) is 0. The van der Waals surface area contributed by atoms with Gasteiger partial charge in [-0.1, -0.05) is 34.5 Å². The first-order valence-electron chi connectivity index (χ1n) is 5.65. The molecule has 0 heterocycles. The minimum atomic E-state index is -0.319. The zero-order valence-electron chi connectivity index (χ0n) is 10.7. The van der Waals surface area contributed by atoms with Crippen molar-refractivity contribution < 1.29 is 9.53 Å². The summed E-state index contributed by atoms with van der Waals surface area (Å²) in [7, 11) is 0. The third-order valence-corrected chi connectivity index (χ3v) is 4.04. The maximum absolute atomic E-state index is 11.7. The van der Waals surface area contributed by atoms with Crippen LogP contribution in [0.3, 0.4) is 0 Å². The quantitative estimate of drug-likeness (QED) is 0.838. The van der Waals surface area contributed by atoms with Crippen molar-refractivity contribution >= 4 is 33.4 Å². The van der Waals surface area contributed by atoms with Crippen LogP contribution in [0.1, 0.15) is 20.8 Å². The summed E-state index contributed by atoms with van der Waals surface area (Å²) in [5.74, 6) is 0.473. The number of nitrogens with one attached hydrogen (secondary N) is 1. The van der Waals surface area contributed by atoms with Crippen LogP contribution in [0.2, 0.25) is 5.02 Å². The van der Waals surface area contributed by atoms with Crippen molar-refractivity contribution in [1.29, 1.82) is 0 Å². The molecule has 3 nitrogen and oxygen atoms in total. The number of carbonyl (C=O) groups excluding carboxylic acids is 1. The summed E-state index contributed by atoms with van der Waals surface area (Å²) in [5, 5.41) is 3.54. The molecule has 1 N–H and O–H groups in total. The van der Waals surface area contributed by atoms with Crippen LogP contribution in [0.4, 0.5) is 0 Å². The van der Waals surface area contributed by atoms with E-state index >= 15 is 0 Å². The summed E-state index contributed by atoms with van der Waals surface area (Å²) in [5.41, 5.74) is -0.319. The molecule has 0 saturated carbocycles. The zero-order chi connectivity index (χ0) is 13.8. The van der Waals surface area contributed by atoms with Crippen molar-refractivity contribution in [3.63, 3.8) is 0 Å². The van der Waals surface area contributed by atoms with Crippen molar-refractivity contribution in [3.05, 3.63) is 29.3 Å². The topological polar surface area (TPSA) is 38.3 Å². The minimum absolute atomic E-state index is 0.00914. The Morgan fingerprint density at radius 2 is 2.00 bits per heavy atom. The molecule has 18 heavy (non-hydrogen) atoms. The van der Waals surface area contributed by atoms with Crippen molar-refractivity contribution in [2.45, 2.75) is 31.1 Å². The number of rotatable bonds is 5. The van der Waals surface area contributed by atoms with Gasteiger partial charge in [-0.05, 0) is 38.1 Å². The number of amides is 1. The largest absolute Gasteiger partial charge is 0.484 e. The van der Waals surface area contributed by atoms with Crippen LogP contribution >= 0.6 is 27.5 Å². The Bertz CT molecular complexity index is 404. The standard InChI is InChI=1S/C13H17BrClNO2/c1-9(14)13(2,3)16-12(17)8-18-11-6-4-10(15)5-7-11/h4-7,9H,8H2,1-3H3,(H,16,17). The third kappa shape index (κ3) is 4.86. The Hall–Kier alpha value is -0.740. The first-order valence-corrected chi connectivity index (χ1v) is 6.94. The van der Waals surface area contributed by atoms with Crippen LogP contribution in [-0.2, 0) is 4.79 Å². The number of alkyl halides is 1. The molecular formula is C13H17BrClNO2. The van der Waals surface area contributed by atoms with Crippen LogP contribution in [0.5, 0.6) is 5.75 Å². The van der Waals surface area contributed by atoms with Gasteiger partial charge in [0.1, 0.15) is 5.75 Å². The summed E-state index contributed by atoms with van der Waals surface area (Å²) in [4.78, 5) is 11.9. The van der Waals surface area contributed by atoms with Crippen LogP contribution in [0.15, 0.2) is 24.3 Å². The van der Waals surface area contributed by atoms with Crippen LogP contribution in [0.25, 0.3) is 0 Å². The van der Waals surface area contributed by atoms with Gasteiger partial charge in [0.2, 0.25) is 0 Å². The van der Waals surface area contributed by atoms with Gasteiger partial charge in [-0.3, -0.25) is 4.79 Å². The highest BCUT2D eigenvalue weighted by molar-refractivity contribution is 9.09. The summed E-state index contributed by atoms with van der Waals surface area (Å²) in [6, 6.07) is 6.90. The van der Waals surface area contributed by atoms with Gasteiger partial charge in [0, 0.05) is 15.4 Å². The fourth-order valence-corrected chi connectivity index (χ4v) is 1.42. The van der Waals surface area contributed by atoms with Gasteiger partial charge in [0.15, 0.2) is 6.61 Å². The van der Waals surface area contributed by atoms with E-state index in [2.05, 4.69) is 21.2 Å². The number of benzene rings is 1. The van der Waals surface area contributed by atoms with Gasteiger partial charge in [-0.25, -0.2) is 0 Å². The van der Waals surface area contributed by atoms with Crippen LogP contribution in [-0.4, -0.2) is 22.9 Å². The van der Waals surface area contributed by atoms with E-state index in [1.54, 1.807) is 24.3 Å². The third-order valence-electron chi connectivity index (χ3n) is 2.64. The molecule has 1 aromatic carbocycles. The van der Waals surface area contributed by atoms with Gasteiger partial charge in [0.05, 0.1) is 0 Å². The highest BCUT2D eigenvalue weighted by Gasteiger charge is 2.25. The van der Waals surface area contributed by atoms with E-state index in [9.17, 15) is 4.79 Å². The molecule has 0 bridgehead atoms. The normalized spacial score (nSPS) is 12.9. The summed E-state index contributed by atoms with van der Waals surface area (Å²) >= 11 is 9.21. The second kappa shape index (κ2) is 6.43. The van der Waals surface area contributed by atoms with Gasteiger partial charge in [-0.15, -0.1) is 0 Å². The molecule has 0 aliphatic carbocycles. The fourth-order valence-electron chi connectivity index (χ4n) is 1.17. The second-order valence-corrected chi connectivity index (χ2v) is 6.44. The molecule has 0 aliphatic rings.